The van der Waals surface area contributed by atoms with E-state index in [9.17, 15) is 9.59 Å². The number of benzene rings is 2. The number of nitrogens with zero attached hydrogens (tertiary/aromatic N) is 1. The number of hydrogen-bond acceptors (Lipinski definition) is 3. The van der Waals surface area contributed by atoms with E-state index in [0.29, 0.717) is 5.69 Å². The molecule has 0 bridgehead atoms. The van der Waals surface area contributed by atoms with Crippen LogP contribution in [-0.2, 0) is 4.79 Å². The molecule has 1 saturated heterocycles. The third-order valence-corrected chi connectivity index (χ3v) is 4.80. The van der Waals surface area contributed by atoms with Crippen LogP contribution in [0.5, 0.6) is 0 Å². The van der Waals surface area contributed by atoms with E-state index in [-0.39, 0.29) is 24.9 Å². The zero-order valence-electron chi connectivity index (χ0n) is 16.2. The molecule has 1 aliphatic heterocycles. The Bertz CT molecular complexity index is 771. The van der Waals surface area contributed by atoms with Crippen LogP contribution in [-0.4, -0.2) is 51.7 Å². The Labute approximate surface area is 165 Å². The van der Waals surface area contributed by atoms with Crippen molar-refractivity contribution in [2.45, 2.75) is 6.42 Å². The smallest absolute Gasteiger partial charge is 0.319 e. The first-order valence-electron chi connectivity index (χ1n) is 9.66. The van der Waals surface area contributed by atoms with E-state index in [1.54, 1.807) is 17.0 Å². The molecule has 0 atom stereocenters. The molecule has 0 radical (unpaired) electrons. The summed E-state index contributed by atoms with van der Waals surface area (Å²) in [5.41, 5.74) is 2.67. The van der Waals surface area contributed by atoms with Crippen LogP contribution >= 0.6 is 0 Å². The van der Waals surface area contributed by atoms with Gasteiger partial charge < -0.3 is 25.8 Å². The quantitative estimate of drug-likeness (QED) is 0.606. The van der Waals surface area contributed by atoms with Crippen LogP contribution in [0.2, 0.25) is 0 Å². The Kier molecular flexibility index (Phi) is 6.86. The van der Waals surface area contributed by atoms with Crippen molar-refractivity contribution in [3.8, 4) is 0 Å². The molecule has 0 saturated carbocycles. The summed E-state index contributed by atoms with van der Waals surface area (Å²) in [7, 11) is 2.22. The maximum absolute atomic E-state index is 12.1. The first kappa shape index (κ1) is 19.7. The minimum absolute atomic E-state index is 0.129. The minimum Gasteiger partial charge on any atom is -0.360 e. The van der Waals surface area contributed by atoms with Crippen LogP contribution in [0.1, 0.15) is 6.42 Å². The van der Waals surface area contributed by atoms with Gasteiger partial charge in [-0.25, -0.2) is 4.79 Å². The predicted octanol–water partition coefficient (Wildman–Crippen LogP) is 1.17. The molecule has 28 heavy (non-hydrogen) atoms. The molecular weight excluding hydrogens is 354 g/mol. The Morgan fingerprint density at radius 3 is 2.25 bits per heavy atom. The van der Waals surface area contributed by atoms with E-state index in [4.69, 9.17) is 0 Å². The van der Waals surface area contributed by atoms with Crippen molar-refractivity contribution >= 4 is 29.0 Å². The molecule has 0 unspecified atom stereocenters. The molecule has 7 nitrogen and oxygen atoms in total. The van der Waals surface area contributed by atoms with Gasteiger partial charge in [-0.15, -0.1) is 0 Å². The van der Waals surface area contributed by atoms with Gasteiger partial charge in [0.2, 0.25) is 5.91 Å². The number of hydrogen-bond donors (Lipinski definition) is 4. The van der Waals surface area contributed by atoms with Crippen molar-refractivity contribution in [2.24, 2.45) is 0 Å². The fourth-order valence-corrected chi connectivity index (χ4v) is 3.11. The number of nitrogens with one attached hydrogen (secondary N) is 4. The topological polar surface area (TPSA) is 77.9 Å². The second kappa shape index (κ2) is 9.75. The van der Waals surface area contributed by atoms with Crippen LogP contribution in [0, 0.1) is 0 Å². The van der Waals surface area contributed by atoms with Crippen LogP contribution < -0.4 is 25.8 Å². The number of anilines is 3. The first-order chi connectivity index (χ1) is 13.6. The average molecular weight is 382 g/mol. The average Bonchev–Trinajstić information content (AvgIpc) is 2.70. The van der Waals surface area contributed by atoms with Crippen LogP contribution in [0.3, 0.4) is 0 Å². The number of carbonyl (C=O) groups excluding carboxylic acids is 2. The van der Waals surface area contributed by atoms with Crippen LogP contribution in [0.15, 0.2) is 54.6 Å². The Hall–Kier alpha value is -3.06. The largest absolute Gasteiger partial charge is 0.360 e. The lowest BCUT2D eigenvalue weighted by Gasteiger charge is -2.31. The molecule has 0 aliphatic carbocycles. The van der Waals surface area contributed by atoms with E-state index < -0.39 is 0 Å². The summed E-state index contributed by atoms with van der Waals surface area (Å²) in [5.74, 6) is -0.129. The fraction of sp³-hybridized carbons (Fsp3) is 0.333. The third-order valence-electron chi connectivity index (χ3n) is 4.80. The lowest BCUT2D eigenvalue weighted by Crippen LogP contribution is -3.12. The number of piperazine rings is 1. The highest BCUT2D eigenvalue weighted by Gasteiger charge is 2.16. The number of quaternary nitrogens is 1. The summed E-state index contributed by atoms with van der Waals surface area (Å²) >= 11 is 0. The van der Waals surface area contributed by atoms with E-state index in [0.717, 1.165) is 31.9 Å². The zero-order chi connectivity index (χ0) is 19.8. The second-order valence-electron chi connectivity index (χ2n) is 7.04. The standard InChI is InChI=1S/C21H27N5O2/c1-25-13-15-26(16-14-25)19-9-7-18(8-10-19)23-20(27)11-12-22-21(28)24-17-5-3-2-4-6-17/h2-10H,11-16H2,1H3,(H,23,27)(H2,22,24,28)/p+1. The molecule has 0 aromatic heterocycles. The van der Waals surface area contributed by atoms with Crippen molar-refractivity contribution in [3.05, 3.63) is 54.6 Å². The van der Waals surface area contributed by atoms with Gasteiger partial charge in [0, 0.05) is 30.0 Å². The molecule has 1 fully saturated rings. The van der Waals surface area contributed by atoms with Crippen molar-refractivity contribution in [3.63, 3.8) is 0 Å². The molecule has 1 heterocycles. The van der Waals surface area contributed by atoms with Gasteiger partial charge in [-0.3, -0.25) is 4.79 Å². The molecule has 3 rings (SSSR count). The van der Waals surface area contributed by atoms with Crippen molar-refractivity contribution < 1.29 is 14.5 Å². The Morgan fingerprint density at radius 2 is 1.57 bits per heavy atom. The molecule has 2 aromatic carbocycles. The highest BCUT2D eigenvalue weighted by Crippen LogP contribution is 2.18. The number of likely N-dealkylation sites (N-methyl/N-ethyl adjacent to an activating group) is 1. The molecule has 2 aromatic rings. The van der Waals surface area contributed by atoms with Crippen molar-refractivity contribution in [1.29, 1.82) is 0 Å². The van der Waals surface area contributed by atoms with Gasteiger partial charge in [0.25, 0.3) is 0 Å². The van der Waals surface area contributed by atoms with E-state index in [1.807, 2.05) is 42.5 Å². The highest BCUT2D eigenvalue weighted by atomic mass is 16.2. The number of amides is 3. The third kappa shape index (κ3) is 5.99. The van der Waals surface area contributed by atoms with Gasteiger partial charge in [0.1, 0.15) is 0 Å². The van der Waals surface area contributed by atoms with Crippen LogP contribution in [0.25, 0.3) is 0 Å². The normalized spacial score (nSPS) is 14.4. The molecule has 3 amide bonds. The SMILES string of the molecule is C[NH+]1CCN(c2ccc(NC(=O)CCNC(=O)Nc3ccccc3)cc2)CC1. The summed E-state index contributed by atoms with van der Waals surface area (Å²) in [5, 5.41) is 8.27. The minimum atomic E-state index is -0.322. The molecule has 4 N–H and O–H groups in total. The maximum Gasteiger partial charge on any atom is 0.319 e. The predicted molar refractivity (Wildman–Crippen MR) is 112 cm³/mol. The van der Waals surface area contributed by atoms with Gasteiger partial charge in [-0.2, -0.15) is 0 Å². The van der Waals surface area contributed by atoms with Crippen molar-refractivity contribution in [1.82, 2.24) is 5.32 Å². The molecule has 1 aliphatic rings. The van der Waals surface area contributed by atoms with Gasteiger partial charge in [-0.1, -0.05) is 18.2 Å². The lowest BCUT2D eigenvalue weighted by molar-refractivity contribution is -0.880. The summed E-state index contributed by atoms with van der Waals surface area (Å²) in [6.07, 6.45) is 0.213. The molecule has 7 heteroatoms. The highest BCUT2D eigenvalue weighted by molar-refractivity contribution is 5.92. The summed E-state index contributed by atoms with van der Waals surface area (Å²) < 4.78 is 0. The van der Waals surface area contributed by atoms with E-state index >= 15 is 0 Å². The lowest BCUT2D eigenvalue weighted by atomic mass is 10.2. The Morgan fingerprint density at radius 1 is 0.929 bits per heavy atom. The second-order valence-corrected chi connectivity index (χ2v) is 7.04. The maximum atomic E-state index is 12.1. The van der Waals surface area contributed by atoms with Gasteiger partial charge in [-0.05, 0) is 36.4 Å². The van der Waals surface area contributed by atoms with Crippen LogP contribution in [0.4, 0.5) is 21.9 Å². The number of para-hydroxylation sites is 1. The zero-order valence-corrected chi connectivity index (χ0v) is 16.2. The monoisotopic (exact) mass is 382 g/mol. The van der Waals surface area contributed by atoms with Gasteiger partial charge >= 0.3 is 6.03 Å². The summed E-state index contributed by atoms with van der Waals surface area (Å²) in [4.78, 5) is 27.8. The van der Waals surface area contributed by atoms with Crippen molar-refractivity contribution in [2.75, 3.05) is 55.3 Å². The van der Waals surface area contributed by atoms with E-state index in [2.05, 4.69) is 27.9 Å². The summed E-state index contributed by atoms with van der Waals surface area (Å²) in [6.45, 7) is 4.65. The Balaban J connectivity index is 1.38. The molecule has 0 spiro atoms. The molecular formula is C21H28N5O2+. The number of urea groups is 1. The van der Waals surface area contributed by atoms with E-state index in [1.165, 1.54) is 5.69 Å². The number of rotatable bonds is 6. The summed E-state index contributed by atoms with van der Waals surface area (Å²) in [6, 6.07) is 16.8. The number of carbonyl (C=O) groups is 2. The van der Waals surface area contributed by atoms with Gasteiger partial charge in [0.05, 0.1) is 33.2 Å². The molecule has 148 valence electrons. The van der Waals surface area contributed by atoms with Gasteiger partial charge in [0.15, 0.2) is 0 Å². The first-order valence-corrected chi connectivity index (χ1v) is 9.66. The fourth-order valence-electron chi connectivity index (χ4n) is 3.11.